The van der Waals surface area contributed by atoms with E-state index in [1.807, 2.05) is 47.5 Å². The summed E-state index contributed by atoms with van der Waals surface area (Å²) in [7, 11) is 0. The third-order valence-electron chi connectivity index (χ3n) is 5.16. The van der Waals surface area contributed by atoms with E-state index in [0.717, 1.165) is 48.0 Å². The number of fused-ring (bicyclic) bond motifs is 3. The molecule has 2 aliphatic heterocycles. The molecule has 0 spiro atoms. The molecule has 0 saturated carbocycles. The van der Waals surface area contributed by atoms with Gasteiger partial charge >= 0.3 is 0 Å². The average molecular weight is 598 g/mol. The Balaban J connectivity index is 1.65. The summed E-state index contributed by atoms with van der Waals surface area (Å²) in [5.74, 6) is 0.839. The monoisotopic (exact) mass is 594 g/mol. The number of hydrogen-bond acceptors (Lipinski definition) is 3. The fourth-order valence-corrected chi connectivity index (χ4v) is 5.66. The molecule has 0 N–H and O–H groups in total. The summed E-state index contributed by atoms with van der Waals surface area (Å²) in [5.41, 5.74) is 4.15. The minimum atomic E-state index is -0.397. The second-order valence-corrected chi connectivity index (χ2v) is 10.0. The molecule has 2 aliphatic rings. The first-order valence-corrected chi connectivity index (χ1v) is 11.8. The van der Waals surface area contributed by atoms with Crippen LogP contribution >= 0.6 is 59.4 Å². The highest BCUT2D eigenvalue weighted by atomic mass is 79.9. The highest BCUT2D eigenvalue weighted by molar-refractivity contribution is 9.11. The fourth-order valence-electron chi connectivity index (χ4n) is 3.81. The Morgan fingerprint density at radius 2 is 1.69 bits per heavy atom. The van der Waals surface area contributed by atoms with E-state index in [1.165, 1.54) is 0 Å². The van der Waals surface area contributed by atoms with Gasteiger partial charge in [-0.15, -0.1) is 0 Å². The third-order valence-corrected chi connectivity index (χ3v) is 7.08. The summed E-state index contributed by atoms with van der Waals surface area (Å²) in [6.45, 7) is 0. The van der Waals surface area contributed by atoms with Crippen molar-refractivity contribution in [2.45, 2.75) is 18.7 Å². The Morgan fingerprint density at radius 3 is 2.45 bits per heavy atom. The quantitative estimate of drug-likeness (QED) is 0.301. The molecule has 0 fully saturated rings. The number of benzene rings is 3. The Kier molecular flexibility index (Phi) is 5.23. The summed E-state index contributed by atoms with van der Waals surface area (Å²) < 4.78 is 9.42. The molecule has 0 radical (unpaired) electrons. The van der Waals surface area contributed by atoms with Crippen LogP contribution in [-0.2, 0) is 0 Å². The lowest BCUT2D eigenvalue weighted by molar-refractivity contribution is -0.0196. The molecule has 146 valence electrons. The van der Waals surface area contributed by atoms with E-state index in [2.05, 4.69) is 66.0 Å². The SMILES string of the molecule is Clc1ccccc1[C@H]1Oc2c(Br)cc(Br)cc2[C@@H]2CC(c3ccc(Br)cc3)=NN12. The first-order valence-electron chi connectivity index (χ1n) is 9.03. The smallest absolute Gasteiger partial charge is 0.215 e. The van der Waals surface area contributed by atoms with Crippen molar-refractivity contribution in [2.75, 3.05) is 0 Å². The van der Waals surface area contributed by atoms with Gasteiger partial charge in [-0.1, -0.05) is 73.8 Å². The Hall–Kier alpha value is -1.34. The molecule has 2 atom stereocenters. The third kappa shape index (κ3) is 3.54. The van der Waals surface area contributed by atoms with Crippen LogP contribution in [0.2, 0.25) is 5.02 Å². The van der Waals surface area contributed by atoms with Gasteiger partial charge in [0.2, 0.25) is 6.23 Å². The summed E-state index contributed by atoms with van der Waals surface area (Å²) >= 11 is 17.3. The summed E-state index contributed by atoms with van der Waals surface area (Å²) in [4.78, 5) is 0. The molecule has 0 aliphatic carbocycles. The van der Waals surface area contributed by atoms with Gasteiger partial charge in [0, 0.05) is 31.5 Å². The van der Waals surface area contributed by atoms with Crippen LogP contribution < -0.4 is 4.74 Å². The van der Waals surface area contributed by atoms with Crippen molar-refractivity contribution in [3.05, 3.63) is 95.8 Å². The van der Waals surface area contributed by atoms with Gasteiger partial charge in [-0.25, -0.2) is 5.01 Å². The van der Waals surface area contributed by atoms with Crippen LogP contribution in [0.5, 0.6) is 5.75 Å². The van der Waals surface area contributed by atoms with Crippen molar-refractivity contribution < 1.29 is 4.74 Å². The maximum atomic E-state index is 6.53. The first kappa shape index (κ1) is 19.6. The van der Waals surface area contributed by atoms with E-state index in [1.54, 1.807) is 0 Å². The molecule has 5 rings (SSSR count). The molecule has 0 bridgehead atoms. The van der Waals surface area contributed by atoms with Crippen LogP contribution in [0.4, 0.5) is 0 Å². The summed E-state index contributed by atoms with van der Waals surface area (Å²) in [5, 5.41) is 7.70. The van der Waals surface area contributed by atoms with Gasteiger partial charge in [0.15, 0.2) is 0 Å². The van der Waals surface area contributed by atoms with E-state index >= 15 is 0 Å². The van der Waals surface area contributed by atoms with E-state index < -0.39 is 6.23 Å². The van der Waals surface area contributed by atoms with Crippen LogP contribution in [0.15, 0.2) is 79.2 Å². The zero-order valence-electron chi connectivity index (χ0n) is 14.9. The molecule has 0 unspecified atom stereocenters. The second-order valence-electron chi connectivity index (χ2n) is 6.95. The van der Waals surface area contributed by atoms with E-state index in [-0.39, 0.29) is 6.04 Å². The standard InChI is InChI=1S/C22H14Br3ClN2O/c23-13-7-5-12(6-8-13)19-11-20-16-9-14(24)10-17(25)21(16)29-22(28(20)27-19)15-3-1-2-4-18(15)26/h1-10,20,22H,11H2/t20-,22+/m0/s1. The van der Waals surface area contributed by atoms with E-state index in [9.17, 15) is 0 Å². The molecule has 2 heterocycles. The molecule has 7 heteroatoms. The predicted molar refractivity (Wildman–Crippen MR) is 127 cm³/mol. The van der Waals surface area contributed by atoms with Crippen LogP contribution in [0, 0.1) is 0 Å². The molecule has 3 nitrogen and oxygen atoms in total. The normalized spacial score (nSPS) is 20.0. The van der Waals surface area contributed by atoms with Gasteiger partial charge < -0.3 is 4.74 Å². The van der Waals surface area contributed by atoms with Crippen molar-refractivity contribution >= 4 is 65.1 Å². The van der Waals surface area contributed by atoms with Crippen LogP contribution in [0.3, 0.4) is 0 Å². The molecule has 0 amide bonds. The zero-order chi connectivity index (χ0) is 20.1. The largest absolute Gasteiger partial charge is 0.463 e. The number of rotatable bonds is 2. The van der Waals surface area contributed by atoms with Gasteiger partial charge in [-0.2, -0.15) is 5.10 Å². The first-order chi connectivity index (χ1) is 14.0. The lowest BCUT2D eigenvalue weighted by Gasteiger charge is -2.39. The molecule has 3 aromatic carbocycles. The van der Waals surface area contributed by atoms with Crippen molar-refractivity contribution in [1.29, 1.82) is 0 Å². The van der Waals surface area contributed by atoms with Crippen LogP contribution in [0.1, 0.15) is 35.4 Å². The fraction of sp³-hybridized carbons (Fsp3) is 0.136. The lowest BCUT2D eigenvalue weighted by Crippen LogP contribution is -2.34. The summed E-state index contributed by atoms with van der Waals surface area (Å²) in [6.07, 6.45) is 0.397. The zero-order valence-corrected chi connectivity index (χ0v) is 20.5. The Labute approximate surface area is 199 Å². The molecule has 3 aromatic rings. The Morgan fingerprint density at radius 1 is 0.931 bits per heavy atom. The number of hydrazone groups is 1. The number of hydrogen-bond donors (Lipinski definition) is 0. The van der Waals surface area contributed by atoms with Gasteiger partial charge in [0.05, 0.1) is 16.2 Å². The predicted octanol–water partition coefficient (Wildman–Crippen LogP) is 7.87. The topological polar surface area (TPSA) is 24.8 Å². The van der Waals surface area contributed by atoms with E-state index in [0.29, 0.717) is 5.02 Å². The minimum Gasteiger partial charge on any atom is -0.463 e. The molecular weight excluding hydrogens is 583 g/mol. The number of nitrogens with zero attached hydrogens (tertiary/aromatic N) is 2. The molecule has 29 heavy (non-hydrogen) atoms. The molecular formula is C22H14Br3ClN2O. The average Bonchev–Trinajstić information content (AvgIpc) is 3.14. The number of ether oxygens (including phenoxy) is 1. The van der Waals surface area contributed by atoms with Crippen LogP contribution in [0.25, 0.3) is 0 Å². The highest BCUT2D eigenvalue weighted by Crippen LogP contribution is 2.51. The van der Waals surface area contributed by atoms with Crippen molar-refractivity contribution in [3.8, 4) is 5.75 Å². The lowest BCUT2D eigenvalue weighted by atomic mass is 9.96. The molecule has 0 aromatic heterocycles. The Bertz CT molecular complexity index is 1130. The van der Waals surface area contributed by atoms with Crippen molar-refractivity contribution in [3.63, 3.8) is 0 Å². The van der Waals surface area contributed by atoms with Crippen LogP contribution in [-0.4, -0.2) is 10.7 Å². The second kappa shape index (κ2) is 7.73. The minimum absolute atomic E-state index is 0.0625. The van der Waals surface area contributed by atoms with E-state index in [4.69, 9.17) is 21.4 Å². The van der Waals surface area contributed by atoms with Gasteiger partial charge in [-0.3, -0.25) is 0 Å². The van der Waals surface area contributed by atoms with Gasteiger partial charge in [0.25, 0.3) is 0 Å². The summed E-state index contributed by atoms with van der Waals surface area (Å²) in [6, 6.07) is 20.2. The maximum Gasteiger partial charge on any atom is 0.215 e. The number of halogens is 4. The van der Waals surface area contributed by atoms with Crippen molar-refractivity contribution in [2.24, 2.45) is 5.10 Å². The van der Waals surface area contributed by atoms with Gasteiger partial charge in [0.1, 0.15) is 5.75 Å². The highest BCUT2D eigenvalue weighted by Gasteiger charge is 2.42. The maximum absolute atomic E-state index is 6.53. The molecule has 0 saturated heterocycles. The van der Waals surface area contributed by atoms with Crippen molar-refractivity contribution in [1.82, 2.24) is 5.01 Å². The van der Waals surface area contributed by atoms with Gasteiger partial charge in [-0.05, 0) is 51.8 Å².